The second-order valence-electron chi connectivity index (χ2n) is 5.52. The maximum Gasteiger partial charge on any atom is 0.410 e. The largest absolute Gasteiger partial charge is 0.493 e. The fraction of sp³-hybridized carbons (Fsp3) is 0.375. The Morgan fingerprint density at radius 2 is 2.25 bits per heavy atom. The van der Waals surface area contributed by atoms with E-state index in [0.29, 0.717) is 35.5 Å². The van der Waals surface area contributed by atoms with E-state index in [1.54, 1.807) is 28.6 Å². The van der Waals surface area contributed by atoms with Gasteiger partial charge in [0.25, 0.3) is 0 Å². The van der Waals surface area contributed by atoms with Gasteiger partial charge in [0, 0.05) is 30.5 Å². The van der Waals surface area contributed by atoms with Crippen molar-refractivity contribution in [2.45, 2.75) is 13.0 Å². The van der Waals surface area contributed by atoms with Crippen molar-refractivity contribution in [3.8, 4) is 5.75 Å². The molecule has 1 atom stereocenters. The molecular formula is C16H16Cl2N2O3S. The van der Waals surface area contributed by atoms with Gasteiger partial charge in [-0.2, -0.15) is 0 Å². The summed E-state index contributed by atoms with van der Waals surface area (Å²) in [5.41, 5.74) is 2.49. The van der Waals surface area contributed by atoms with E-state index < -0.39 is 0 Å². The average Bonchev–Trinajstić information content (AvgIpc) is 3.25. The highest BCUT2D eigenvalue weighted by Gasteiger charge is 2.27. The first-order valence-corrected chi connectivity index (χ1v) is 9.18. The summed E-state index contributed by atoms with van der Waals surface area (Å²) in [6.07, 6.45) is 0.577. The Labute approximate surface area is 154 Å². The average molecular weight is 387 g/mol. The van der Waals surface area contributed by atoms with Crippen LogP contribution in [0.1, 0.15) is 12.1 Å². The van der Waals surface area contributed by atoms with Gasteiger partial charge in [-0.15, -0.1) is 11.3 Å². The molecule has 0 spiro atoms. The van der Waals surface area contributed by atoms with Crippen LogP contribution in [-0.4, -0.2) is 35.7 Å². The number of carbonyl (C=O) groups is 1. The zero-order chi connectivity index (χ0) is 16.9. The smallest absolute Gasteiger partial charge is 0.410 e. The van der Waals surface area contributed by atoms with Gasteiger partial charge in [-0.05, 0) is 18.6 Å². The van der Waals surface area contributed by atoms with E-state index in [9.17, 15) is 4.79 Å². The third kappa shape index (κ3) is 4.53. The third-order valence-electron chi connectivity index (χ3n) is 3.75. The third-order valence-corrected chi connectivity index (χ3v) is 5.12. The Bertz CT molecular complexity index is 697. The summed E-state index contributed by atoms with van der Waals surface area (Å²) in [7, 11) is 0. The minimum absolute atomic E-state index is 0.212. The fourth-order valence-electron chi connectivity index (χ4n) is 2.45. The number of ether oxygens (including phenoxy) is 2. The summed E-state index contributed by atoms with van der Waals surface area (Å²) < 4.78 is 11.0. The lowest BCUT2D eigenvalue weighted by Crippen LogP contribution is -2.30. The van der Waals surface area contributed by atoms with Crippen molar-refractivity contribution < 1.29 is 14.3 Å². The van der Waals surface area contributed by atoms with Crippen LogP contribution in [0.2, 0.25) is 10.0 Å². The summed E-state index contributed by atoms with van der Waals surface area (Å²) in [5, 5.41) is 2.83. The first-order valence-electron chi connectivity index (χ1n) is 7.48. The number of halogens is 2. The summed E-state index contributed by atoms with van der Waals surface area (Å²) in [6, 6.07) is 5.18. The molecule has 1 aromatic heterocycles. The molecular weight excluding hydrogens is 371 g/mol. The zero-order valence-corrected chi connectivity index (χ0v) is 15.1. The van der Waals surface area contributed by atoms with Crippen molar-refractivity contribution in [2.24, 2.45) is 5.92 Å². The minimum atomic E-state index is -0.306. The van der Waals surface area contributed by atoms with E-state index >= 15 is 0 Å². The number of rotatable bonds is 5. The molecule has 0 bridgehead atoms. The van der Waals surface area contributed by atoms with Gasteiger partial charge in [0.05, 0.1) is 27.9 Å². The van der Waals surface area contributed by atoms with E-state index in [0.717, 1.165) is 12.1 Å². The van der Waals surface area contributed by atoms with E-state index in [1.807, 2.05) is 5.38 Å². The Morgan fingerprint density at radius 3 is 3.00 bits per heavy atom. The molecule has 0 N–H and O–H groups in total. The lowest BCUT2D eigenvalue weighted by Gasteiger charge is -2.16. The van der Waals surface area contributed by atoms with Crippen LogP contribution in [0.15, 0.2) is 29.1 Å². The molecule has 1 saturated heterocycles. The summed E-state index contributed by atoms with van der Waals surface area (Å²) in [4.78, 5) is 17.8. The second-order valence-corrected chi connectivity index (χ2v) is 7.06. The molecule has 0 radical (unpaired) electrons. The molecule has 1 aliphatic heterocycles. The number of hydrogen-bond acceptors (Lipinski definition) is 5. The number of benzene rings is 1. The van der Waals surface area contributed by atoms with Gasteiger partial charge in [0.1, 0.15) is 12.4 Å². The number of carbonyl (C=O) groups excluding carboxylic acids is 1. The first-order chi connectivity index (χ1) is 11.6. The van der Waals surface area contributed by atoms with Crippen LogP contribution in [-0.2, 0) is 11.3 Å². The van der Waals surface area contributed by atoms with E-state index in [1.165, 1.54) is 11.3 Å². The van der Waals surface area contributed by atoms with Gasteiger partial charge in [-0.3, -0.25) is 0 Å². The number of aromatic nitrogens is 1. The van der Waals surface area contributed by atoms with Crippen molar-refractivity contribution in [1.29, 1.82) is 0 Å². The summed E-state index contributed by atoms with van der Waals surface area (Å²) >= 11 is 13.3. The van der Waals surface area contributed by atoms with Crippen LogP contribution in [0.4, 0.5) is 4.79 Å². The molecule has 1 fully saturated rings. The quantitative estimate of drug-likeness (QED) is 0.759. The number of amides is 1. The van der Waals surface area contributed by atoms with Crippen LogP contribution in [0, 0.1) is 5.92 Å². The van der Waals surface area contributed by atoms with Crippen molar-refractivity contribution in [2.75, 3.05) is 19.7 Å². The van der Waals surface area contributed by atoms with E-state index in [-0.39, 0.29) is 18.6 Å². The van der Waals surface area contributed by atoms with Gasteiger partial charge in [0.15, 0.2) is 0 Å². The SMILES string of the molecule is O=C(OCc1cscn1)N1CCC(COc2ccc(Cl)c(Cl)c2)C1. The summed E-state index contributed by atoms with van der Waals surface area (Å²) in [5.74, 6) is 0.945. The highest BCUT2D eigenvalue weighted by molar-refractivity contribution is 7.07. The Balaban J connectivity index is 1.43. The minimum Gasteiger partial charge on any atom is -0.493 e. The van der Waals surface area contributed by atoms with Crippen LogP contribution in [0.25, 0.3) is 0 Å². The monoisotopic (exact) mass is 386 g/mol. The van der Waals surface area contributed by atoms with Gasteiger partial charge in [-0.25, -0.2) is 9.78 Å². The van der Waals surface area contributed by atoms with Crippen LogP contribution in [0.3, 0.4) is 0 Å². The molecule has 0 saturated carbocycles. The van der Waals surface area contributed by atoms with Crippen molar-refractivity contribution in [3.05, 3.63) is 44.8 Å². The van der Waals surface area contributed by atoms with Crippen molar-refractivity contribution in [1.82, 2.24) is 9.88 Å². The molecule has 128 valence electrons. The summed E-state index contributed by atoms with van der Waals surface area (Å²) in [6.45, 7) is 2.03. The number of thiazole rings is 1. The van der Waals surface area contributed by atoms with E-state index in [4.69, 9.17) is 32.7 Å². The number of nitrogens with zero attached hydrogens (tertiary/aromatic N) is 2. The topological polar surface area (TPSA) is 51.7 Å². The molecule has 2 aromatic rings. The molecule has 1 unspecified atom stereocenters. The maximum atomic E-state index is 12.0. The number of likely N-dealkylation sites (tertiary alicyclic amines) is 1. The molecule has 8 heteroatoms. The van der Waals surface area contributed by atoms with Gasteiger partial charge >= 0.3 is 6.09 Å². The maximum absolute atomic E-state index is 12.0. The predicted octanol–water partition coefficient (Wildman–Crippen LogP) is 4.49. The zero-order valence-electron chi connectivity index (χ0n) is 12.8. The molecule has 24 heavy (non-hydrogen) atoms. The number of hydrogen-bond donors (Lipinski definition) is 0. The lowest BCUT2D eigenvalue weighted by molar-refractivity contribution is 0.101. The lowest BCUT2D eigenvalue weighted by atomic mass is 10.1. The highest BCUT2D eigenvalue weighted by atomic mass is 35.5. The van der Waals surface area contributed by atoms with Gasteiger partial charge in [0.2, 0.25) is 0 Å². The molecule has 1 aliphatic rings. The molecule has 1 amide bonds. The van der Waals surface area contributed by atoms with Gasteiger partial charge in [-0.1, -0.05) is 23.2 Å². The van der Waals surface area contributed by atoms with Gasteiger partial charge < -0.3 is 14.4 Å². The fourth-order valence-corrected chi connectivity index (χ4v) is 3.28. The Hall–Kier alpha value is -1.50. The van der Waals surface area contributed by atoms with Crippen molar-refractivity contribution in [3.63, 3.8) is 0 Å². The first kappa shape index (κ1) is 17.3. The Morgan fingerprint density at radius 1 is 1.38 bits per heavy atom. The highest BCUT2D eigenvalue weighted by Crippen LogP contribution is 2.27. The standard InChI is InChI=1S/C16H16Cl2N2O3S/c17-14-2-1-13(5-15(14)18)22-7-11-3-4-20(6-11)16(21)23-8-12-9-24-10-19-12/h1-2,5,9-11H,3-4,6-8H2. The predicted molar refractivity (Wildman–Crippen MR) is 93.9 cm³/mol. The molecule has 0 aliphatic carbocycles. The molecule has 3 rings (SSSR count). The second kappa shape index (κ2) is 8.05. The molecule has 5 nitrogen and oxygen atoms in total. The molecule has 2 heterocycles. The van der Waals surface area contributed by atoms with Crippen LogP contribution in [0.5, 0.6) is 5.75 Å². The van der Waals surface area contributed by atoms with Crippen LogP contribution >= 0.6 is 34.5 Å². The van der Waals surface area contributed by atoms with E-state index in [2.05, 4.69) is 4.98 Å². The van der Waals surface area contributed by atoms with Crippen LogP contribution < -0.4 is 4.74 Å². The van der Waals surface area contributed by atoms with Crippen molar-refractivity contribution >= 4 is 40.6 Å². The Kier molecular flexibility index (Phi) is 5.81. The molecule has 1 aromatic carbocycles. The normalized spacial score (nSPS) is 17.1.